The summed E-state index contributed by atoms with van der Waals surface area (Å²) in [7, 11) is 0. The summed E-state index contributed by atoms with van der Waals surface area (Å²) in [6.07, 6.45) is 15.5. The third-order valence-corrected chi connectivity index (χ3v) is 8.18. The van der Waals surface area contributed by atoms with Crippen LogP contribution in [0.25, 0.3) is 10.6 Å². The molecule has 3 N–H and O–H groups in total. The Morgan fingerprint density at radius 2 is 1.86 bits per heavy atom. The zero-order valence-electron chi connectivity index (χ0n) is 19.4. The minimum Gasteiger partial charge on any atom is -0.460 e. The van der Waals surface area contributed by atoms with E-state index in [2.05, 4.69) is 30.2 Å². The first kappa shape index (κ1) is 22.3. The van der Waals surface area contributed by atoms with E-state index in [0.717, 1.165) is 29.8 Å². The number of thiazole rings is 1. The van der Waals surface area contributed by atoms with Crippen LogP contribution < -0.4 is 20.7 Å². The summed E-state index contributed by atoms with van der Waals surface area (Å²) in [6, 6.07) is 2.21. The van der Waals surface area contributed by atoms with Gasteiger partial charge in [0.2, 0.25) is 11.9 Å². The Morgan fingerprint density at radius 3 is 2.60 bits per heavy atom. The van der Waals surface area contributed by atoms with Crippen molar-refractivity contribution in [2.24, 2.45) is 11.1 Å². The molecule has 2 saturated carbocycles. The lowest BCUT2D eigenvalue weighted by molar-refractivity contribution is -0.119. The van der Waals surface area contributed by atoms with Crippen LogP contribution in [0.3, 0.4) is 0 Å². The molecule has 1 spiro atoms. The number of ether oxygens (including phenoxy) is 1. The average Bonchev–Trinajstić information content (AvgIpc) is 3.46. The van der Waals surface area contributed by atoms with E-state index >= 15 is 0 Å². The summed E-state index contributed by atoms with van der Waals surface area (Å²) in [5.74, 6) is 0.411. The van der Waals surface area contributed by atoms with Gasteiger partial charge in [-0.3, -0.25) is 4.79 Å². The fourth-order valence-electron chi connectivity index (χ4n) is 4.88. The quantitative estimate of drug-likeness (QED) is 0.528. The van der Waals surface area contributed by atoms with Crippen molar-refractivity contribution in [2.75, 3.05) is 16.8 Å². The molecule has 0 bridgehead atoms. The number of carbonyl (C=O) groups is 1. The number of rotatable bonds is 6. The molecule has 2 aliphatic carbocycles. The molecular weight excluding hydrogens is 464 g/mol. The van der Waals surface area contributed by atoms with Gasteiger partial charge in [0, 0.05) is 31.4 Å². The molecule has 11 heteroatoms. The average molecular weight is 493 g/mol. The Balaban J connectivity index is 1.08. The summed E-state index contributed by atoms with van der Waals surface area (Å²) < 4.78 is 6.11. The van der Waals surface area contributed by atoms with Crippen LogP contribution in [0.15, 0.2) is 30.9 Å². The van der Waals surface area contributed by atoms with Gasteiger partial charge >= 0.3 is 6.01 Å². The standard InChI is InChI=1S/C24H28N8O2S/c25-15-4-10-32(20(33)11-15)16-12-27-21(28-13-16)31-23-29-14-19(35-23)18-3-9-26-22(30-18)34-17-1-5-24(6-2-17)7-8-24/h3,9,12-15,17H,1-2,4-8,10-11,25H2,(H,27,28,29,31). The summed E-state index contributed by atoms with van der Waals surface area (Å²) in [5.41, 5.74) is 7.95. The molecule has 35 heavy (non-hydrogen) atoms. The molecule has 1 aliphatic heterocycles. The molecule has 3 aromatic rings. The summed E-state index contributed by atoms with van der Waals surface area (Å²) in [6.45, 7) is 0.581. The van der Waals surface area contributed by atoms with Gasteiger partial charge < -0.3 is 20.7 Å². The molecule has 182 valence electrons. The third-order valence-electron chi connectivity index (χ3n) is 7.24. The Hall–Kier alpha value is -3.18. The number of nitrogens with zero attached hydrogens (tertiary/aromatic N) is 6. The topological polar surface area (TPSA) is 132 Å². The largest absolute Gasteiger partial charge is 0.460 e. The lowest BCUT2D eigenvalue weighted by atomic mass is 9.85. The van der Waals surface area contributed by atoms with Crippen LogP contribution in [0, 0.1) is 5.41 Å². The number of anilines is 3. The predicted octanol–water partition coefficient (Wildman–Crippen LogP) is 3.69. The Morgan fingerprint density at radius 1 is 1.06 bits per heavy atom. The zero-order chi connectivity index (χ0) is 23.8. The van der Waals surface area contributed by atoms with E-state index in [4.69, 9.17) is 10.5 Å². The molecule has 6 rings (SSSR count). The first-order chi connectivity index (χ1) is 17.1. The van der Waals surface area contributed by atoms with Crippen LogP contribution in [0.4, 0.5) is 16.8 Å². The first-order valence-electron chi connectivity index (χ1n) is 12.2. The van der Waals surface area contributed by atoms with E-state index in [1.54, 1.807) is 29.7 Å². The van der Waals surface area contributed by atoms with Gasteiger partial charge in [-0.1, -0.05) is 11.3 Å². The minimum absolute atomic E-state index is 0.00106. The summed E-state index contributed by atoms with van der Waals surface area (Å²) in [4.78, 5) is 36.9. The smallest absolute Gasteiger partial charge is 0.317 e. The maximum Gasteiger partial charge on any atom is 0.317 e. The number of aromatic nitrogens is 5. The van der Waals surface area contributed by atoms with Gasteiger partial charge in [-0.2, -0.15) is 4.98 Å². The fraction of sp³-hybridized carbons (Fsp3) is 0.500. The number of piperidine rings is 1. The predicted molar refractivity (Wildman–Crippen MR) is 133 cm³/mol. The summed E-state index contributed by atoms with van der Waals surface area (Å²) >= 11 is 1.45. The van der Waals surface area contributed by atoms with Gasteiger partial charge in [0.15, 0.2) is 5.13 Å². The van der Waals surface area contributed by atoms with Crippen molar-refractivity contribution in [3.05, 3.63) is 30.9 Å². The Bertz CT molecular complexity index is 1200. The van der Waals surface area contributed by atoms with Crippen molar-refractivity contribution < 1.29 is 9.53 Å². The van der Waals surface area contributed by atoms with Crippen molar-refractivity contribution in [3.63, 3.8) is 0 Å². The Labute approximate surface area is 207 Å². The van der Waals surface area contributed by atoms with Crippen LogP contribution in [-0.4, -0.2) is 49.5 Å². The van der Waals surface area contributed by atoms with Gasteiger partial charge in [-0.05, 0) is 56.4 Å². The molecule has 4 heterocycles. The molecule has 1 saturated heterocycles. The normalized spacial score (nSPS) is 21.8. The molecule has 3 fully saturated rings. The van der Waals surface area contributed by atoms with Crippen molar-refractivity contribution in [1.29, 1.82) is 0 Å². The van der Waals surface area contributed by atoms with E-state index in [1.807, 2.05) is 6.07 Å². The van der Waals surface area contributed by atoms with Crippen LogP contribution in [0.2, 0.25) is 0 Å². The minimum atomic E-state index is -0.0700. The monoisotopic (exact) mass is 492 g/mol. The van der Waals surface area contributed by atoms with E-state index in [1.165, 1.54) is 37.0 Å². The fourth-order valence-corrected chi connectivity index (χ4v) is 5.66. The van der Waals surface area contributed by atoms with Gasteiger partial charge in [-0.25, -0.2) is 19.9 Å². The van der Waals surface area contributed by atoms with Crippen LogP contribution in [0.5, 0.6) is 6.01 Å². The SMILES string of the molecule is NC1CCN(c2cnc(Nc3ncc(-c4ccnc(OC5CCC6(CC5)CC6)n4)s3)nc2)C(=O)C1. The third kappa shape index (κ3) is 4.96. The second-order valence-corrected chi connectivity index (χ2v) is 10.8. The molecule has 10 nitrogen and oxygen atoms in total. The lowest BCUT2D eigenvalue weighted by Crippen LogP contribution is -2.44. The maximum atomic E-state index is 12.2. The molecule has 3 aromatic heterocycles. The van der Waals surface area contributed by atoms with Gasteiger partial charge in [-0.15, -0.1) is 0 Å². The highest BCUT2D eigenvalue weighted by Crippen LogP contribution is 2.56. The number of amides is 1. The van der Waals surface area contributed by atoms with E-state index < -0.39 is 0 Å². The molecular formula is C24H28N8O2S. The molecule has 1 unspecified atom stereocenters. The number of nitrogens with one attached hydrogen (secondary N) is 1. The number of hydrogen-bond acceptors (Lipinski definition) is 10. The molecule has 0 aromatic carbocycles. The molecule has 1 atom stereocenters. The Kier molecular flexibility index (Phi) is 5.81. The van der Waals surface area contributed by atoms with Gasteiger partial charge in [0.25, 0.3) is 0 Å². The maximum absolute atomic E-state index is 12.2. The van der Waals surface area contributed by atoms with Crippen molar-refractivity contribution in [3.8, 4) is 16.6 Å². The second-order valence-electron chi connectivity index (χ2n) is 9.76. The first-order valence-corrected chi connectivity index (χ1v) is 13.0. The molecule has 0 radical (unpaired) electrons. The van der Waals surface area contributed by atoms with E-state index in [9.17, 15) is 4.79 Å². The van der Waals surface area contributed by atoms with Crippen molar-refractivity contribution >= 4 is 34.0 Å². The van der Waals surface area contributed by atoms with Gasteiger partial charge in [0.05, 0.1) is 28.7 Å². The number of nitrogens with two attached hydrogens (primary N) is 1. The second kappa shape index (κ2) is 9.12. The van der Waals surface area contributed by atoms with E-state index in [-0.39, 0.29) is 18.1 Å². The highest BCUT2D eigenvalue weighted by Gasteiger charge is 2.45. The highest BCUT2D eigenvalue weighted by molar-refractivity contribution is 7.18. The van der Waals surface area contributed by atoms with E-state index in [0.29, 0.717) is 41.2 Å². The molecule has 3 aliphatic rings. The van der Waals surface area contributed by atoms with Crippen LogP contribution in [-0.2, 0) is 4.79 Å². The highest BCUT2D eigenvalue weighted by atomic mass is 32.1. The summed E-state index contributed by atoms with van der Waals surface area (Å²) in [5, 5.41) is 3.77. The zero-order valence-corrected chi connectivity index (χ0v) is 20.2. The number of hydrogen-bond donors (Lipinski definition) is 2. The lowest BCUT2D eigenvalue weighted by Gasteiger charge is -2.29. The van der Waals surface area contributed by atoms with Crippen molar-refractivity contribution in [1.82, 2.24) is 24.9 Å². The van der Waals surface area contributed by atoms with Gasteiger partial charge in [0.1, 0.15) is 6.10 Å². The molecule has 1 amide bonds. The van der Waals surface area contributed by atoms with Crippen LogP contribution in [0.1, 0.15) is 51.4 Å². The number of carbonyl (C=O) groups excluding carboxylic acids is 1. The van der Waals surface area contributed by atoms with Crippen molar-refractivity contribution in [2.45, 2.75) is 63.5 Å². The van der Waals surface area contributed by atoms with Crippen LogP contribution >= 0.6 is 11.3 Å².